The molecule has 0 amide bonds. The van der Waals surface area contributed by atoms with Crippen LogP contribution in [0.15, 0.2) is 30.5 Å². The average molecular weight is 295 g/mol. The third-order valence-corrected chi connectivity index (χ3v) is 2.29. The molecule has 4 nitrogen and oxygen atoms in total. The summed E-state index contributed by atoms with van der Waals surface area (Å²) in [7, 11) is 1.72. The van der Waals surface area contributed by atoms with Gasteiger partial charge in [0.1, 0.15) is 18.1 Å². The van der Waals surface area contributed by atoms with E-state index >= 15 is 0 Å². The molecule has 0 radical (unpaired) electrons. The van der Waals surface area contributed by atoms with Gasteiger partial charge >= 0.3 is 58.4 Å². The minimum absolute atomic E-state index is 0. The van der Waals surface area contributed by atoms with Crippen LogP contribution in [0.1, 0.15) is 5.69 Å². The van der Waals surface area contributed by atoms with Crippen LogP contribution >= 0.6 is 0 Å². The van der Waals surface area contributed by atoms with E-state index in [1.807, 2.05) is 0 Å². The van der Waals surface area contributed by atoms with Crippen molar-refractivity contribution in [3.05, 3.63) is 36.2 Å². The summed E-state index contributed by atoms with van der Waals surface area (Å²) in [5.74, 6) is 0.365. The van der Waals surface area contributed by atoms with E-state index in [1.165, 1.54) is 16.8 Å². The van der Waals surface area contributed by atoms with Gasteiger partial charge in [0.15, 0.2) is 0 Å². The molecule has 0 unspecified atom stereocenters. The fourth-order valence-electron chi connectivity index (χ4n) is 1.40. The SMILES string of the molecule is Cn1cc(COc2ccc([B-](F)(F)F)cc2)nn1.[K+]. The van der Waals surface area contributed by atoms with Gasteiger partial charge in [-0.15, -0.1) is 10.6 Å². The number of aromatic nitrogens is 3. The summed E-state index contributed by atoms with van der Waals surface area (Å²) in [5.41, 5.74) is -0.0246. The van der Waals surface area contributed by atoms with Crippen LogP contribution in [0, 0.1) is 0 Å². The van der Waals surface area contributed by atoms with Crippen molar-refractivity contribution in [3.63, 3.8) is 0 Å². The molecular weight excluding hydrogens is 285 g/mol. The predicted octanol–water partition coefficient (Wildman–Crippen LogP) is -1.55. The zero-order valence-electron chi connectivity index (χ0n) is 10.6. The quantitative estimate of drug-likeness (QED) is 0.641. The van der Waals surface area contributed by atoms with Crippen molar-refractivity contribution in [2.24, 2.45) is 7.05 Å². The van der Waals surface area contributed by atoms with Gasteiger partial charge in [-0.2, -0.15) is 0 Å². The summed E-state index contributed by atoms with van der Waals surface area (Å²) in [5, 5.41) is 7.51. The Balaban J connectivity index is 0.00000180. The number of benzene rings is 1. The fourth-order valence-corrected chi connectivity index (χ4v) is 1.40. The van der Waals surface area contributed by atoms with Gasteiger partial charge in [-0.1, -0.05) is 17.3 Å². The standard InChI is InChI=1S/C10H10BF3N3O.K/c1-17-6-9(15-16-17)7-18-10-4-2-8(3-5-10)11(12,13)14;/h2-6H,7H2,1H3;/q-1;+1. The second kappa shape index (κ2) is 6.89. The minimum atomic E-state index is -4.96. The van der Waals surface area contributed by atoms with Gasteiger partial charge in [0.25, 0.3) is 0 Å². The largest absolute Gasteiger partial charge is 1.00 e. The van der Waals surface area contributed by atoms with E-state index < -0.39 is 12.4 Å². The molecule has 2 rings (SSSR count). The molecule has 0 spiro atoms. The maximum atomic E-state index is 12.4. The van der Waals surface area contributed by atoms with Crippen LogP contribution < -0.4 is 61.6 Å². The van der Waals surface area contributed by atoms with Gasteiger partial charge in [-0.05, 0) is 12.1 Å². The van der Waals surface area contributed by atoms with Gasteiger partial charge in [0.05, 0.1) is 6.20 Å². The smallest absolute Gasteiger partial charge is 0.487 e. The second-order valence-corrected chi connectivity index (χ2v) is 3.82. The number of ether oxygens (including phenoxy) is 1. The van der Waals surface area contributed by atoms with E-state index in [2.05, 4.69) is 10.3 Å². The van der Waals surface area contributed by atoms with Gasteiger partial charge in [-0.25, -0.2) is 0 Å². The summed E-state index contributed by atoms with van der Waals surface area (Å²) in [6.45, 7) is -4.78. The number of hydrogen-bond acceptors (Lipinski definition) is 3. The Hall–Kier alpha value is -0.349. The summed E-state index contributed by atoms with van der Waals surface area (Å²) in [6.07, 6.45) is 1.67. The van der Waals surface area contributed by atoms with Crippen LogP contribution in [0.4, 0.5) is 12.9 Å². The van der Waals surface area contributed by atoms with Gasteiger partial charge in [-0.3, -0.25) is 4.68 Å². The molecule has 0 atom stereocenters. The molecule has 0 saturated carbocycles. The molecule has 1 aromatic heterocycles. The van der Waals surface area contributed by atoms with E-state index in [9.17, 15) is 12.9 Å². The predicted molar refractivity (Wildman–Crippen MR) is 60.5 cm³/mol. The molecule has 19 heavy (non-hydrogen) atoms. The van der Waals surface area contributed by atoms with Crippen molar-refractivity contribution in [2.75, 3.05) is 0 Å². The van der Waals surface area contributed by atoms with Crippen LogP contribution in [0.25, 0.3) is 0 Å². The molecule has 1 aromatic carbocycles. The molecule has 0 aliphatic heterocycles. The van der Waals surface area contributed by atoms with Gasteiger partial charge < -0.3 is 17.7 Å². The van der Waals surface area contributed by atoms with E-state index in [0.29, 0.717) is 11.4 Å². The first-order valence-electron chi connectivity index (χ1n) is 5.23. The molecule has 0 fully saturated rings. The molecule has 0 saturated heterocycles. The van der Waals surface area contributed by atoms with Crippen molar-refractivity contribution in [1.82, 2.24) is 15.0 Å². The van der Waals surface area contributed by atoms with E-state index in [0.717, 1.165) is 12.1 Å². The number of hydrogen-bond donors (Lipinski definition) is 0. The Bertz CT molecular complexity index is 530. The average Bonchev–Trinajstić information content (AvgIpc) is 2.72. The van der Waals surface area contributed by atoms with Crippen LogP contribution in [0.3, 0.4) is 0 Å². The number of nitrogens with zero attached hydrogens (tertiary/aromatic N) is 3. The van der Waals surface area contributed by atoms with Gasteiger partial charge in [0.2, 0.25) is 0 Å². The van der Waals surface area contributed by atoms with Crippen molar-refractivity contribution in [1.29, 1.82) is 0 Å². The van der Waals surface area contributed by atoms with Crippen LogP contribution in [-0.4, -0.2) is 22.0 Å². The van der Waals surface area contributed by atoms with Crippen molar-refractivity contribution in [3.8, 4) is 5.75 Å². The first-order valence-corrected chi connectivity index (χ1v) is 5.23. The molecule has 9 heteroatoms. The molecule has 0 aliphatic carbocycles. The third kappa shape index (κ3) is 4.92. The topological polar surface area (TPSA) is 39.9 Å². The Labute approximate surface area is 150 Å². The number of halogens is 3. The number of rotatable bonds is 4. The molecule has 0 N–H and O–H groups in total. The fraction of sp³-hybridized carbons (Fsp3) is 0.200. The first kappa shape index (κ1) is 16.7. The molecular formula is C10H10BF3KN3O. The van der Waals surface area contributed by atoms with Crippen LogP contribution in [0.5, 0.6) is 5.75 Å². The molecule has 0 bridgehead atoms. The molecule has 0 aliphatic rings. The molecule has 96 valence electrons. The maximum Gasteiger partial charge on any atom is 1.00 e. The van der Waals surface area contributed by atoms with Crippen LogP contribution in [-0.2, 0) is 13.7 Å². The Morgan fingerprint density at radius 1 is 1.21 bits per heavy atom. The monoisotopic (exact) mass is 295 g/mol. The summed E-state index contributed by atoms with van der Waals surface area (Å²) in [4.78, 5) is 0. The third-order valence-electron chi connectivity index (χ3n) is 2.29. The van der Waals surface area contributed by atoms with E-state index in [-0.39, 0.29) is 58.0 Å². The van der Waals surface area contributed by atoms with Crippen molar-refractivity contribution < 1.29 is 69.1 Å². The zero-order chi connectivity index (χ0) is 13.2. The zero-order valence-corrected chi connectivity index (χ0v) is 13.7. The number of aryl methyl sites for hydroxylation is 1. The van der Waals surface area contributed by atoms with Crippen molar-refractivity contribution >= 4 is 12.4 Å². The second-order valence-electron chi connectivity index (χ2n) is 3.82. The molecule has 1 heterocycles. The summed E-state index contributed by atoms with van der Waals surface area (Å²) < 4.78 is 43.9. The molecule has 2 aromatic rings. The normalized spacial score (nSPS) is 10.9. The first-order chi connectivity index (χ1) is 8.45. The minimum Gasteiger partial charge on any atom is -0.487 e. The Morgan fingerprint density at radius 2 is 1.84 bits per heavy atom. The summed E-state index contributed by atoms with van der Waals surface area (Å²) in [6, 6.07) is 4.60. The van der Waals surface area contributed by atoms with Crippen LogP contribution in [0.2, 0.25) is 0 Å². The summed E-state index contributed by atoms with van der Waals surface area (Å²) >= 11 is 0. The van der Waals surface area contributed by atoms with E-state index in [4.69, 9.17) is 4.74 Å². The Morgan fingerprint density at radius 3 is 2.32 bits per heavy atom. The van der Waals surface area contributed by atoms with E-state index in [1.54, 1.807) is 13.2 Å². The Kier molecular flexibility index (Phi) is 6.06. The van der Waals surface area contributed by atoms with Gasteiger partial charge in [0, 0.05) is 7.05 Å². The van der Waals surface area contributed by atoms with Crippen molar-refractivity contribution in [2.45, 2.75) is 6.61 Å². The maximum absolute atomic E-state index is 12.4.